The predicted octanol–water partition coefficient (Wildman–Crippen LogP) is 3.08. The van der Waals surface area contributed by atoms with Gasteiger partial charge in [0.25, 0.3) is 0 Å². The van der Waals surface area contributed by atoms with E-state index in [-0.39, 0.29) is 19.1 Å². The van der Waals surface area contributed by atoms with Crippen molar-refractivity contribution in [2.45, 2.75) is 33.1 Å². The van der Waals surface area contributed by atoms with Crippen LogP contribution in [-0.4, -0.2) is 23.1 Å². The summed E-state index contributed by atoms with van der Waals surface area (Å²) in [5, 5.41) is 2.57. The van der Waals surface area contributed by atoms with E-state index in [1.165, 1.54) is 0 Å². The molecule has 1 N–H and O–H groups in total. The van der Waals surface area contributed by atoms with Gasteiger partial charge in [-0.05, 0) is 29.2 Å². The summed E-state index contributed by atoms with van der Waals surface area (Å²) in [4.78, 5) is 28.1. The smallest absolute Gasteiger partial charge is 0.408 e. The standard InChI is InChI=1S/C19H22N2O4/c1-14(2)17(18(22)24-12-16-8-10-20-11-9-16)21-19(23)25-13-15-6-4-3-5-7-15/h3-11,14,17H,12-13H2,1-2H3,(H,21,23)/t17-/m0/s1. The third kappa shape index (κ3) is 6.25. The highest BCUT2D eigenvalue weighted by Crippen LogP contribution is 2.08. The summed E-state index contributed by atoms with van der Waals surface area (Å²) in [7, 11) is 0. The summed E-state index contributed by atoms with van der Waals surface area (Å²) >= 11 is 0. The molecule has 2 rings (SSSR count). The zero-order valence-corrected chi connectivity index (χ0v) is 14.3. The quantitative estimate of drug-likeness (QED) is 0.783. The van der Waals surface area contributed by atoms with Crippen molar-refractivity contribution in [1.82, 2.24) is 10.3 Å². The average Bonchev–Trinajstić information content (AvgIpc) is 2.64. The fourth-order valence-electron chi connectivity index (χ4n) is 2.11. The fourth-order valence-corrected chi connectivity index (χ4v) is 2.11. The van der Waals surface area contributed by atoms with E-state index >= 15 is 0 Å². The molecule has 25 heavy (non-hydrogen) atoms. The molecule has 6 heteroatoms. The molecule has 0 spiro atoms. The molecule has 132 valence electrons. The molecule has 6 nitrogen and oxygen atoms in total. The molecular formula is C19H22N2O4. The zero-order valence-electron chi connectivity index (χ0n) is 14.3. The number of benzene rings is 1. The van der Waals surface area contributed by atoms with E-state index in [1.54, 1.807) is 24.5 Å². The molecule has 0 unspecified atom stereocenters. The molecule has 0 fully saturated rings. The first kappa shape index (κ1) is 18.4. The van der Waals surface area contributed by atoms with Gasteiger partial charge in [-0.25, -0.2) is 9.59 Å². The van der Waals surface area contributed by atoms with E-state index in [2.05, 4.69) is 10.3 Å². The summed E-state index contributed by atoms with van der Waals surface area (Å²) < 4.78 is 10.4. The second-order valence-electron chi connectivity index (χ2n) is 5.89. The topological polar surface area (TPSA) is 77.5 Å². The van der Waals surface area contributed by atoms with E-state index < -0.39 is 18.1 Å². The van der Waals surface area contributed by atoms with Crippen LogP contribution in [0.2, 0.25) is 0 Å². The summed E-state index contributed by atoms with van der Waals surface area (Å²) in [5.41, 5.74) is 1.71. The van der Waals surface area contributed by atoms with Crippen molar-refractivity contribution in [3.8, 4) is 0 Å². The van der Waals surface area contributed by atoms with Crippen molar-refractivity contribution in [2.24, 2.45) is 5.92 Å². The number of nitrogens with one attached hydrogen (secondary N) is 1. The molecule has 1 atom stereocenters. The Morgan fingerprint density at radius 3 is 2.20 bits per heavy atom. The number of rotatable bonds is 7. The van der Waals surface area contributed by atoms with Crippen LogP contribution in [-0.2, 0) is 27.5 Å². The van der Waals surface area contributed by atoms with Gasteiger partial charge >= 0.3 is 12.1 Å². The van der Waals surface area contributed by atoms with E-state index in [9.17, 15) is 9.59 Å². The molecule has 0 aliphatic carbocycles. The highest BCUT2D eigenvalue weighted by Gasteiger charge is 2.26. The number of carbonyl (C=O) groups excluding carboxylic acids is 2. The van der Waals surface area contributed by atoms with Crippen LogP contribution in [0.15, 0.2) is 54.9 Å². The lowest BCUT2D eigenvalue weighted by Gasteiger charge is -2.20. The Balaban J connectivity index is 1.84. The Bertz CT molecular complexity index is 674. The number of hydrogen-bond donors (Lipinski definition) is 1. The van der Waals surface area contributed by atoms with Crippen molar-refractivity contribution in [1.29, 1.82) is 0 Å². The molecule has 0 bridgehead atoms. The molecule has 1 heterocycles. The SMILES string of the molecule is CC(C)[C@H](NC(=O)OCc1ccccc1)C(=O)OCc1ccncc1. The molecule has 2 aromatic rings. The monoisotopic (exact) mass is 342 g/mol. The highest BCUT2D eigenvalue weighted by molar-refractivity contribution is 5.81. The maximum absolute atomic E-state index is 12.3. The van der Waals surface area contributed by atoms with Gasteiger partial charge in [-0.15, -0.1) is 0 Å². The maximum Gasteiger partial charge on any atom is 0.408 e. The van der Waals surface area contributed by atoms with E-state index in [0.29, 0.717) is 0 Å². The van der Waals surface area contributed by atoms with Crippen LogP contribution in [0.25, 0.3) is 0 Å². The number of alkyl carbamates (subject to hydrolysis) is 1. The van der Waals surface area contributed by atoms with Gasteiger partial charge in [0, 0.05) is 12.4 Å². The first-order chi connectivity index (χ1) is 12.1. The van der Waals surface area contributed by atoms with Gasteiger partial charge in [0.1, 0.15) is 19.3 Å². The normalized spacial score (nSPS) is 11.6. The molecule has 0 radical (unpaired) electrons. The molecule has 1 aromatic carbocycles. The molecule has 0 aliphatic heterocycles. The van der Waals surface area contributed by atoms with Crippen LogP contribution in [0.3, 0.4) is 0 Å². The van der Waals surface area contributed by atoms with Gasteiger partial charge in [0.15, 0.2) is 0 Å². The van der Waals surface area contributed by atoms with Crippen LogP contribution in [0.4, 0.5) is 4.79 Å². The number of carbonyl (C=O) groups is 2. The number of amides is 1. The van der Waals surface area contributed by atoms with Gasteiger partial charge < -0.3 is 14.8 Å². The first-order valence-corrected chi connectivity index (χ1v) is 8.09. The number of esters is 1. The largest absolute Gasteiger partial charge is 0.459 e. The third-order valence-corrected chi connectivity index (χ3v) is 3.54. The zero-order chi connectivity index (χ0) is 18.1. The Morgan fingerprint density at radius 2 is 1.56 bits per heavy atom. The number of pyridine rings is 1. The molecule has 1 amide bonds. The van der Waals surface area contributed by atoms with Crippen LogP contribution in [0, 0.1) is 5.92 Å². The number of ether oxygens (including phenoxy) is 2. The lowest BCUT2D eigenvalue weighted by Crippen LogP contribution is -2.45. The van der Waals surface area contributed by atoms with E-state index in [0.717, 1.165) is 11.1 Å². The Hall–Kier alpha value is -2.89. The lowest BCUT2D eigenvalue weighted by atomic mass is 10.1. The summed E-state index contributed by atoms with van der Waals surface area (Å²) in [6.07, 6.45) is 2.60. The van der Waals surface area contributed by atoms with Crippen molar-refractivity contribution in [3.63, 3.8) is 0 Å². The summed E-state index contributed by atoms with van der Waals surface area (Å²) in [6.45, 7) is 3.93. The summed E-state index contributed by atoms with van der Waals surface area (Å²) in [5.74, 6) is -0.627. The average molecular weight is 342 g/mol. The van der Waals surface area contributed by atoms with Crippen molar-refractivity contribution in [2.75, 3.05) is 0 Å². The van der Waals surface area contributed by atoms with Crippen molar-refractivity contribution < 1.29 is 19.1 Å². The van der Waals surface area contributed by atoms with Gasteiger partial charge in [0.2, 0.25) is 0 Å². The molecule has 0 saturated carbocycles. The third-order valence-electron chi connectivity index (χ3n) is 3.54. The van der Waals surface area contributed by atoms with E-state index in [4.69, 9.17) is 9.47 Å². The van der Waals surface area contributed by atoms with Crippen molar-refractivity contribution >= 4 is 12.1 Å². The van der Waals surface area contributed by atoms with Crippen LogP contribution >= 0.6 is 0 Å². The maximum atomic E-state index is 12.3. The Kier molecular flexibility index (Phi) is 6.95. The number of hydrogen-bond acceptors (Lipinski definition) is 5. The second kappa shape index (κ2) is 9.42. The predicted molar refractivity (Wildman–Crippen MR) is 92.4 cm³/mol. The minimum absolute atomic E-state index is 0.130. The van der Waals surface area contributed by atoms with Crippen LogP contribution < -0.4 is 5.32 Å². The van der Waals surface area contributed by atoms with Crippen LogP contribution in [0.5, 0.6) is 0 Å². The first-order valence-electron chi connectivity index (χ1n) is 8.09. The Morgan fingerprint density at radius 1 is 0.960 bits per heavy atom. The summed E-state index contributed by atoms with van der Waals surface area (Å²) in [6, 6.07) is 12.1. The fraction of sp³-hybridized carbons (Fsp3) is 0.316. The lowest BCUT2D eigenvalue weighted by molar-refractivity contribution is -0.148. The molecule has 1 aromatic heterocycles. The number of aromatic nitrogens is 1. The second-order valence-corrected chi connectivity index (χ2v) is 5.89. The molecular weight excluding hydrogens is 320 g/mol. The van der Waals surface area contributed by atoms with Gasteiger partial charge in [-0.3, -0.25) is 4.98 Å². The van der Waals surface area contributed by atoms with Crippen LogP contribution in [0.1, 0.15) is 25.0 Å². The van der Waals surface area contributed by atoms with Gasteiger partial charge in [0.05, 0.1) is 0 Å². The van der Waals surface area contributed by atoms with Gasteiger partial charge in [-0.1, -0.05) is 44.2 Å². The minimum atomic E-state index is -0.773. The Labute approximate surface area is 147 Å². The minimum Gasteiger partial charge on any atom is -0.459 e. The number of nitrogens with zero attached hydrogens (tertiary/aromatic N) is 1. The molecule has 0 aliphatic rings. The molecule has 0 saturated heterocycles. The van der Waals surface area contributed by atoms with Gasteiger partial charge in [-0.2, -0.15) is 0 Å². The van der Waals surface area contributed by atoms with Crippen molar-refractivity contribution in [3.05, 3.63) is 66.0 Å². The van der Waals surface area contributed by atoms with E-state index in [1.807, 2.05) is 44.2 Å². The highest BCUT2D eigenvalue weighted by atomic mass is 16.6.